The third-order valence-corrected chi connectivity index (χ3v) is 6.23. The van der Waals surface area contributed by atoms with Crippen LogP contribution in [0.3, 0.4) is 0 Å². The second-order valence-corrected chi connectivity index (χ2v) is 8.17. The van der Waals surface area contributed by atoms with Gasteiger partial charge in [0.15, 0.2) is 5.03 Å². The van der Waals surface area contributed by atoms with Crippen molar-refractivity contribution in [3.8, 4) is 5.75 Å². The number of sulfonamides is 1. The van der Waals surface area contributed by atoms with Gasteiger partial charge in [0.2, 0.25) is 0 Å². The second kappa shape index (κ2) is 7.15. The molecule has 1 aromatic heterocycles. The highest BCUT2D eigenvalue weighted by atomic mass is 32.2. The van der Waals surface area contributed by atoms with Gasteiger partial charge in [0.1, 0.15) is 5.75 Å². The Morgan fingerprint density at radius 1 is 1.32 bits per heavy atom. The molecule has 0 spiro atoms. The zero-order valence-corrected chi connectivity index (χ0v) is 15.5. The highest BCUT2D eigenvalue weighted by molar-refractivity contribution is 7.89. The van der Waals surface area contributed by atoms with E-state index in [9.17, 15) is 8.42 Å². The molecule has 7 nitrogen and oxygen atoms in total. The van der Waals surface area contributed by atoms with E-state index in [2.05, 4.69) is 10.3 Å². The third kappa shape index (κ3) is 3.42. The molecule has 1 fully saturated rings. The van der Waals surface area contributed by atoms with Crippen molar-refractivity contribution in [2.24, 2.45) is 0 Å². The Morgan fingerprint density at radius 3 is 2.76 bits per heavy atom. The van der Waals surface area contributed by atoms with Crippen molar-refractivity contribution < 1.29 is 13.2 Å². The van der Waals surface area contributed by atoms with Gasteiger partial charge < -0.3 is 14.6 Å². The maximum atomic E-state index is 13.2. The lowest BCUT2D eigenvalue weighted by atomic mass is 10.0. The molecule has 3 rings (SSSR count). The smallest absolute Gasteiger partial charge is 0.262 e. The molecule has 1 aromatic carbocycles. The molecule has 1 atom stereocenters. The summed E-state index contributed by atoms with van der Waals surface area (Å²) in [5, 5.41) is 3.36. The predicted octanol–water partition coefficient (Wildman–Crippen LogP) is 1.81. The van der Waals surface area contributed by atoms with Crippen LogP contribution in [-0.4, -0.2) is 49.0 Å². The number of imidazole rings is 1. The van der Waals surface area contributed by atoms with Crippen molar-refractivity contribution in [3.63, 3.8) is 0 Å². The summed E-state index contributed by atoms with van der Waals surface area (Å²) in [7, 11) is -2.10. The molecule has 1 saturated heterocycles. The summed E-state index contributed by atoms with van der Waals surface area (Å²) in [6.45, 7) is 5.50. The lowest BCUT2D eigenvalue weighted by Crippen LogP contribution is -2.48. The van der Waals surface area contributed by atoms with Gasteiger partial charge in [0, 0.05) is 37.4 Å². The van der Waals surface area contributed by atoms with Crippen molar-refractivity contribution in [1.29, 1.82) is 0 Å². The van der Waals surface area contributed by atoms with Crippen LogP contribution in [0.4, 0.5) is 0 Å². The molecule has 0 saturated carbocycles. The lowest BCUT2D eigenvalue weighted by molar-refractivity contribution is 0.264. The van der Waals surface area contributed by atoms with E-state index < -0.39 is 10.0 Å². The molecule has 0 aliphatic carbocycles. The van der Waals surface area contributed by atoms with E-state index in [1.54, 1.807) is 24.2 Å². The van der Waals surface area contributed by atoms with Gasteiger partial charge in [-0.2, -0.15) is 4.31 Å². The monoisotopic (exact) mass is 364 g/mol. The average molecular weight is 364 g/mol. The molecule has 1 N–H and O–H groups in total. The molecule has 8 heteroatoms. The molecular weight excluding hydrogens is 340 g/mol. The number of benzene rings is 1. The molecule has 2 aromatic rings. The fourth-order valence-electron chi connectivity index (χ4n) is 3.03. The zero-order chi connectivity index (χ0) is 18.0. The van der Waals surface area contributed by atoms with Crippen LogP contribution in [0, 0.1) is 0 Å². The Labute approximate surface area is 148 Å². The van der Waals surface area contributed by atoms with E-state index in [4.69, 9.17) is 4.74 Å². The molecule has 0 bridgehead atoms. The Morgan fingerprint density at radius 2 is 2.08 bits per heavy atom. The van der Waals surface area contributed by atoms with Gasteiger partial charge >= 0.3 is 0 Å². The number of aromatic nitrogens is 2. The molecule has 0 radical (unpaired) electrons. The van der Waals surface area contributed by atoms with Gasteiger partial charge in [0.25, 0.3) is 10.0 Å². The molecular formula is C17H24N4O3S. The van der Waals surface area contributed by atoms with Crippen LogP contribution < -0.4 is 10.1 Å². The van der Waals surface area contributed by atoms with Crippen LogP contribution in [0.1, 0.15) is 31.5 Å². The largest absolute Gasteiger partial charge is 0.496 e. The summed E-state index contributed by atoms with van der Waals surface area (Å²) < 4.78 is 35.1. The van der Waals surface area contributed by atoms with Gasteiger partial charge in [-0.25, -0.2) is 13.4 Å². The number of methoxy groups -OCH3 is 1. The number of para-hydroxylation sites is 1. The SMILES string of the molecule is COc1ccccc1C1CNCCN1S(=O)(=O)c1cn(C(C)C)cn1. The molecule has 1 aliphatic rings. The number of hydrogen-bond donors (Lipinski definition) is 1. The first-order chi connectivity index (χ1) is 11.9. The number of piperazine rings is 1. The zero-order valence-electron chi connectivity index (χ0n) is 14.7. The molecule has 1 aliphatic heterocycles. The number of nitrogens with zero attached hydrogens (tertiary/aromatic N) is 3. The molecule has 25 heavy (non-hydrogen) atoms. The second-order valence-electron chi connectivity index (χ2n) is 6.33. The summed E-state index contributed by atoms with van der Waals surface area (Å²) in [6, 6.07) is 7.35. The first-order valence-corrected chi connectivity index (χ1v) is 9.78. The Kier molecular flexibility index (Phi) is 5.12. The van der Waals surface area contributed by atoms with E-state index in [1.165, 1.54) is 4.31 Å². The van der Waals surface area contributed by atoms with E-state index in [0.29, 0.717) is 25.4 Å². The highest BCUT2D eigenvalue weighted by Gasteiger charge is 2.37. The third-order valence-electron chi connectivity index (χ3n) is 4.44. The number of rotatable bonds is 5. The quantitative estimate of drug-likeness (QED) is 0.876. The van der Waals surface area contributed by atoms with Crippen LogP contribution in [0.5, 0.6) is 5.75 Å². The van der Waals surface area contributed by atoms with Crippen LogP contribution in [0.2, 0.25) is 0 Å². The minimum Gasteiger partial charge on any atom is -0.496 e. The minimum atomic E-state index is -3.69. The number of ether oxygens (including phenoxy) is 1. The van der Waals surface area contributed by atoms with Gasteiger partial charge in [-0.1, -0.05) is 18.2 Å². The highest BCUT2D eigenvalue weighted by Crippen LogP contribution is 2.33. The van der Waals surface area contributed by atoms with E-state index in [-0.39, 0.29) is 17.1 Å². The maximum absolute atomic E-state index is 13.2. The Balaban J connectivity index is 1.99. The van der Waals surface area contributed by atoms with Crippen LogP contribution in [0.15, 0.2) is 41.8 Å². The Hall–Kier alpha value is -1.90. The topological polar surface area (TPSA) is 76.5 Å². The van der Waals surface area contributed by atoms with E-state index >= 15 is 0 Å². The van der Waals surface area contributed by atoms with Crippen molar-refractivity contribution in [2.45, 2.75) is 31.0 Å². The van der Waals surface area contributed by atoms with E-state index in [0.717, 1.165) is 5.56 Å². The fourth-order valence-corrected chi connectivity index (χ4v) is 4.56. The summed E-state index contributed by atoms with van der Waals surface area (Å²) in [6.07, 6.45) is 3.17. The number of nitrogens with one attached hydrogen (secondary N) is 1. The predicted molar refractivity (Wildman–Crippen MR) is 95.1 cm³/mol. The van der Waals surface area contributed by atoms with E-state index in [1.807, 2.05) is 38.1 Å². The number of hydrogen-bond acceptors (Lipinski definition) is 5. The van der Waals surface area contributed by atoms with Gasteiger partial charge in [-0.3, -0.25) is 0 Å². The van der Waals surface area contributed by atoms with Crippen LogP contribution in [-0.2, 0) is 10.0 Å². The normalized spacial score (nSPS) is 19.3. The standard InChI is InChI=1S/C17H24N4O3S/c1-13(2)20-11-17(19-12-20)25(22,23)21-9-8-18-10-15(21)14-6-4-5-7-16(14)24-3/h4-7,11-13,15,18H,8-10H2,1-3H3. The molecule has 2 heterocycles. The summed E-state index contributed by atoms with van der Waals surface area (Å²) >= 11 is 0. The average Bonchev–Trinajstić information content (AvgIpc) is 3.13. The molecule has 1 unspecified atom stereocenters. The van der Waals surface area contributed by atoms with Gasteiger partial charge in [-0.15, -0.1) is 0 Å². The first kappa shape index (κ1) is 17.9. The fraction of sp³-hybridized carbons (Fsp3) is 0.471. The summed E-state index contributed by atoms with van der Waals surface area (Å²) in [5.74, 6) is 0.684. The maximum Gasteiger partial charge on any atom is 0.262 e. The van der Waals surface area contributed by atoms with Crippen molar-refractivity contribution in [2.75, 3.05) is 26.7 Å². The van der Waals surface area contributed by atoms with Crippen molar-refractivity contribution >= 4 is 10.0 Å². The molecule has 136 valence electrons. The summed E-state index contributed by atoms with van der Waals surface area (Å²) in [5.41, 5.74) is 0.851. The Bertz CT molecular complexity index is 832. The molecule has 0 amide bonds. The van der Waals surface area contributed by atoms with Crippen molar-refractivity contribution in [3.05, 3.63) is 42.4 Å². The minimum absolute atomic E-state index is 0.0861. The van der Waals surface area contributed by atoms with Gasteiger partial charge in [0.05, 0.1) is 19.5 Å². The van der Waals surface area contributed by atoms with Crippen LogP contribution in [0.25, 0.3) is 0 Å². The van der Waals surface area contributed by atoms with Crippen molar-refractivity contribution in [1.82, 2.24) is 19.2 Å². The first-order valence-electron chi connectivity index (χ1n) is 8.34. The summed E-state index contributed by atoms with van der Waals surface area (Å²) in [4.78, 5) is 4.14. The lowest BCUT2D eigenvalue weighted by Gasteiger charge is -2.35. The van der Waals surface area contributed by atoms with Gasteiger partial charge in [-0.05, 0) is 19.9 Å². The van der Waals surface area contributed by atoms with Crippen LogP contribution >= 0.6 is 0 Å².